The van der Waals surface area contributed by atoms with E-state index in [0.717, 1.165) is 36.6 Å². The Balaban J connectivity index is 1.29. The van der Waals surface area contributed by atoms with Crippen molar-refractivity contribution >= 4 is 29.3 Å². The van der Waals surface area contributed by atoms with Crippen LogP contribution >= 0.6 is 0 Å². The second kappa shape index (κ2) is 12.6. The van der Waals surface area contributed by atoms with Gasteiger partial charge in [-0.2, -0.15) is 0 Å². The molecule has 0 aromatic heterocycles. The highest BCUT2D eigenvalue weighted by Gasteiger charge is 2.41. The van der Waals surface area contributed by atoms with Gasteiger partial charge in [-0.1, -0.05) is 36.4 Å². The normalized spacial score (nSPS) is 22.4. The number of para-hydroxylation sites is 2. The Morgan fingerprint density at radius 1 is 0.975 bits per heavy atom. The van der Waals surface area contributed by atoms with Crippen molar-refractivity contribution < 1.29 is 23.1 Å². The largest absolute Gasteiger partial charge is 0.397 e. The van der Waals surface area contributed by atoms with Gasteiger partial charge in [0, 0.05) is 56.5 Å². The van der Waals surface area contributed by atoms with Crippen LogP contribution in [-0.2, 0) is 14.3 Å². The topological polar surface area (TPSA) is 96.7 Å². The average Bonchev–Trinajstić information content (AvgIpc) is 3.42. The second-order valence-corrected chi connectivity index (χ2v) is 10.5. The van der Waals surface area contributed by atoms with E-state index >= 15 is 0 Å². The fraction of sp³-hybridized carbons (Fsp3) is 0.355. The molecular weight excluding hydrogens is 514 g/mol. The molecule has 2 fully saturated rings. The van der Waals surface area contributed by atoms with Gasteiger partial charge in [-0.05, 0) is 54.7 Å². The van der Waals surface area contributed by atoms with Crippen molar-refractivity contribution in [3.05, 3.63) is 89.2 Å². The van der Waals surface area contributed by atoms with E-state index < -0.39 is 11.7 Å². The molecule has 2 saturated heterocycles. The molecule has 2 aromatic carbocycles. The van der Waals surface area contributed by atoms with Gasteiger partial charge in [-0.3, -0.25) is 14.5 Å². The number of ether oxygens (including phenoxy) is 1. The summed E-state index contributed by atoms with van der Waals surface area (Å²) in [5.41, 5.74) is 9.21. The minimum atomic E-state index is -0.919. The molecule has 9 heteroatoms. The first-order valence-electron chi connectivity index (χ1n) is 13.7. The van der Waals surface area contributed by atoms with Crippen molar-refractivity contribution in [3.8, 4) is 0 Å². The zero-order valence-electron chi connectivity index (χ0n) is 22.2. The Morgan fingerprint density at radius 2 is 1.73 bits per heavy atom. The van der Waals surface area contributed by atoms with Crippen LogP contribution in [0.25, 0.3) is 6.08 Å². The Morgan fingerprint density at radius 3 is 2.45 bits per heavy atom. The molecule has 1 aliphatic carbocycles. The summed E-state index contributed by atoms with van der Waals surface area (Å²) in [4.78, 5) is 28.1. The molecule has 4 N–H and O–H groups in total. The van der Waals surface area contributed by atoms with Crippen LogP contribution in [0.15, 0.2) is 78.0 Å². The standard InChI is InChI=1S/C31H34F2N4O3/c32-26-11-10-22(17-27(26)33)35-31(39)25-19-37(23-13-15-40-16-14-23)18-24(25)21-8-5-20(6-9-21)7-12-30(38)36-29-4-2-1-3-28(29)34/h1-9,12,17,23-25H,10-11,13-16,18-19,34H2,(H,35,39)(H,36,38)/b12-7+. The number of likely N-dealkylation sites (tertiary alicyclic amines) is 1. The lowest BCUT2D eigenvalue weighted by Crippen LogP contribution is -2.39. The first-order valence-corrected chi connectivity index (χ1v) is 13.7. The van der Waals surface area contributed by atoms with Crippen molar-refractivity contribution in [1.29, 1.82) is 0 Å². The van der Waals surface area contributed by atoms with E-state index in [1.165, 1.54) is 6.08 Å². The van der Waals surface area contributed by atoms with Crippen molar-refractivity contribution in [2.45, 2.75) is 37.6 Å². The molecule has 7 nitrogen and oxygen atoms in total. The number of hydrogen-bond donors (Lipinski definition) is 3. The van der Waals surface area contributed by atoms with Gasteiger partial charge in [0.25, 0.3) is 0 Å². The third kappa shape index (κ3) is 6.66. The number of carbonyl (C=O) groups is 2. The Kier molecular flexibility index (Phi) is 8.72. The zero-order valence-corrected chi connectivity index (χ0v) is 22.2. The fourth-order valence-corrected chi connectivity index (χ4v) is 5.61. The smallest absolute Gasteiger partial charge is 0.248 e. The number of nitrogen functional groups attached to an aromatic ring is 1. The lowest BCUT2D eigenvalue weighted by Gasteiger charge is -2.31. The number of allylic oxidation sites excluding steroid dienone is 4. The molecule has 5 rings (SSSR count). The van der Waals surface area contributed by atoms with Crippen molar-refractivity contribution in [3.63, 3.8) is 0 Å². The quantitative estimate of drug-likeness (QED) is 0.332. The molecule has 2 aromatic rings. The van der Waals surface area contributed by atoms with Crippen LogP contribution in [0.1, 0.15) is 42.7 Å². The second-order valence-electron chi connectivity index (χ2n) is 10.5. The van der Waals surface area contributed by atoms with Gasteiger partial charge in [0.1, 0.15) is 5.83 Å². The van der Waals surface area contributed by atoms with E-state index in [0.29, 0.717) is 42.9 Å². The third-order valence-corrected chi connectivity index (χ3v) is 7.86. The maximum Gasteiger partial charge on any atom is 0.248 e. The number of nitrogens with two attached hydrogens (primary N) is 1. The van der Waals surface area contributed by atoms with Crippen LogP contribution in [0.3, 0.4) is 0 Å². The Labute approximate surface area is 232 Å². The molecule has 2 amide bonds. The molecular formula is C31H34F2N4O3. The maximum atomic E-state index is 13.8. The number of amides is 2. The SMILES string of the molecule is Nc1ccccc1NC(=O)/C=C/c1ccc(C2CN(C3CCOCC3)CC2C(=O)NC2=CC(F)=C(F)CC2)cc1. The van der Waals surface area contributed by atoms with E-state index in [1.54, 1.807) is 30.3 Å². The zero-order chi connectivity index (χ0) is 28.1. The van der Waals surface area contributed by atoms with Crippen LogP contribution < -0.4 is 16.4 Å². The molecule has 210 valence electrons. The number of carbonyl (C=O) groups excluding carboxylic acids is 2. The van der Waals surface area contributed by atoms with Gasteiger partial charge in [0.05, 0.1) is 17.3 Å². The lowest BCUT2D eigenvalue weighted by atomic mass is 9.87. The average molecular weight is 549 g/mol. The van der Waals surface area contributed by atoms with Crippen molar-refractivity contribution in [2.24, 2.45) is 5.92 Å². The molecule has 0 saturated carbocycles. The van der Waals surface area contributed by atoms with Crippen molar-refractivity contribution in [2.75, 3.05) is 37.4 Å². The minimum absolute atomic E-state index is 0.0496. The number of halogens is 2. The maximum absolute atomic E-state index is 13.8. The van der Waals surface area contributed by atoms with Gasteiger partial charge >= 0.3 is 0 Å². The number of rotatable bonds is 7. The number of benzene rings is 2. The fourth-order valence-electron chi connectivity index (χ4n) is 5.61. The number of hydrogen-bond acceptors (Lipinski definition) is 5. The summed E-state index contributed by atoms with van der Waals surface area (Å²) in [6, 6.07) is 15.2. The van der Waals surface area contributed by atoms with E-state index in [4.69, 9.17) is 10.5 Å². The summed E-state index contributed by atoms with van der Waals surface area (Å²) in [6.45, 7) is 2.73. The van der Waals surface area contributed by atoms with Crippen LogP contribution in [0.5, 0.6) is 0 Å². The predicted octanol–water partition coefficient (Wildman–Crippen LogP) is 5.06. The molecule has 0 spiro atoms. The van der Waals surface area contributed by atoms with E-state index in [-0.39, 0.29) is 36.5 Å². The summed E-state index contributed by atoms with van der Waals surface area (Å²) < 4.78 is 32.8. The van der Waals surface area contributed by atoms with Crippen LogP contribution in [0.2, 0.25) is 0 Å². The number of nitrogens with one attached hydrogen (secondary N) is 2. The van der Waals surface area contributed by atoms with Gasteiger partial charge in [-0.25, -0.2) is 8.78 Å². The van der Waals surface area contributed by atoms with E-state index in [1.807, 2.05) is 24.3 Å². The minimum Gasteiger partial charge on any atom is -0.397 e. The summed E-state index contributed by atoms with van der Waals surface area (Å²) in [5, 5.41) is 5.64. The predicted molar refractivity (Wildman–Crippen MR) is 151 cm³/mol. The summed E-state index contributed by atoms with van der Waals surface area (Å²) in [6.07, 6.45) is 6.31. The first kappa shape index (κ1) is 27.7. The van der Waals surface area contributed by atoms with Crippen LogP contribution in [0, 0.1) is 5.92 Å². The monoisotopic (exact) mass is 548 g/mol. The molecule has 2 heterocycles. The summed E-state index contributed by atoms with van der Waals surface area (Å²) in [5.74, 6) is -2.57. The van der Waals surface area contributed by atoms with Crippen LogP contribution in [0.4, 0.5) is 20.2 Å². The first-order chi connectivity index (χ1) is 19.4. The summed E-state index contributed by atoms with van der Waals surface area (Å²) >= 11 is 0. The Bertz CT molecular complexity index is 1330. The lowest BCUT2D eigenvalue weighted by molar-refractivity contribution is -0.124. The van der Waals surface area contributed by atoms with Crippen LogP contribution in [-0.4, -0.2) is 49.1 Å². The Hall–Kier alpha value is -3.82. The van der Waals surface area contributed by atoms with Gasteiger partial charge in [0.15, 0.2) is 5.83 Å². The highest BCUT2D eigenvalue weighted by Crippen LogP contribution is 2.36. The summed E-state index contributed by atoms with van der Waals surface area (Å²) in [7, 11) is 0. The van der Waals surface area contributed by atoms with Crippen molar-refractivity contribution in [1.82, 2.24) is 10.2 Å². The molecule has 2 unspecified atom stereocenters. The third-order valence-electron chi connectivity index (χ3n) is 7.86. The highest BCUT2D eigenvalue weighted by molar-refractivity contribution is 6.03. The van der Waals surface area contributed by atoms with E-state index in [9.17, 15) is 18.4 Å². The molecule has 0 bridgehead atoms. The van der Waals surface area contributed by atoms with Gasteiger partial charge in [-0.15, -0.1) is 0 Å². The molecule has 2 atom stereocenters. The van der Waals surface area contributed by atoms with Gasteiger partial charge < -0.3 is 21.1 Å². The number of nitrogens with zero attached hydrogens (tertiary/aromatic N) is 1. The molecule has 3 aliphatic rings. The molecule has 0 radical (unpaired) electrons. The number of anilines is 2. The van der Waals surface area contributed by atoms with E-state index in [2.05, 4.69) is 15.5 Å². The molecule has 40 heavy (non-hydrogen) atoms. The molecule has 2 aliphatic heterocycles. The highest BCUT2D eigenvalue weighted by atomic mass is 19.2. The van der Waals surface area contributed by atoms with Gasteiger partial charge in [0.2, 0.25) is 11.8 Å².